The third kappa shape index (κ3) is 4.01. The van der Waals surface area contributed by atoms with Gasteiger partial charge in [-0.2, -0.15) is 0 Å². The van der Waals surface area contributed by atoms with E-state index >= 15 is 0 Å². The standard InChI is InChI=1S/C23H23N3O5/c1-31-17-9-6-15(7-10-17)12-13-24-20-11-8-16(14-21(20)26(29)30)25-22(27)18-4-2-3-5-19(18)23(25)28/h2-3,6-11,14,18-19,24H,4-5,12-13H2,1H3/t18-,19-/m0/s1. The number of nitro groups is 1. The lowest BCUT2D eigenvalue weighted by Gasteiger charge is -2.16. The molecule has 0 saturated carbocycles. The van der Waals surface area contributed by atoms with E-state index in [1.165, 1.54) is 6.07 Å². The number of anilines is 2. The van der Waals surface area contributed by atoms with E-state index in [-0.39, 0.29) is 35.0 Å². The van der Waals surface area contributed by atoms with Crippen molar-refractivity contribution in [2.75, 3.05) is 23.9 Å². The Kier molecular flexibility index (Phi) is 5.70. The van der Waals surface area contributed by atoms with Crippen LogP contribution < -0.4 is 15.0 Å². The van der Waals surface area contributed by atoms with E-state index in [0.29, 0.717) is 31.5 Å². The van der Waals surface area contributed by atoms with Gasteiger partial charge in [-0.25, -0.2) is 4.90 Å². The van der Waals surface area contributed by atoms with Crippen molar-refractivity contribution in [3.63, 3.8) is 0 Å². The summed E-state index contributed by atoms with van der Waals surface area (Å²) in [4.78, 5) is 37.8. The third-order valence-electron chi connectivity index (χ3n) is 5.83. The van der Waals surface area contributed by atoms with Gasteiger partial charge in [0.05, 0.1) is 29.6 Å². The summed E-state index contributed by atoms with van der Waals surface area (Å²) in [6, 6.07) is 12.1. The molecule has 8 heteroatoms. The second kappa shape index (κ2) is 8.59. The number of methoxy groups -OCH3 is 1. The van der Waals surface area contributed by atoms with E-state index in [0.717, 1.165) is 16.2 Å². The average Bonchev–Trinajstić information content (AvgIpc) is 3.04. The number of amides is 2. The van der Waals surface area contributed by atoms with Gasteiger partial charge in [0.1, 0.15) is 11.4 Å². The number of carbonyl (C=O) groups excluding carboxylic acids is 2. The fourth-order valence-corrected chi connectivity index (χ4v) is 4.15. The van der Waals surface area contributed by atoms with Crippen molar-refractivity contribution in [1.82, 2.24) is 0 Å². The Hall–Kier alpha value is -3.68. The molecule has 0 bridgehead atoms. The molecule has 31 heavy (non-hydrogen) atoms. The van der Waals surface area contributed by atoms with Gasteiger partial charge in [0.2, 0.25) is 11.8 Å². The molecule has 2 aliphatic rings. The summed E-state index contributed by atoms with van der Waals surface area (Å²) in [6.07, 6.45) is 5.54. The van der Waals surface area contributed by atoms with Crippen molar-refractivity contribution in [3.8, 4) is 5.75 Å². The summed E-state index contributed by atoms with van der Waals surface area (Å²) >= 11 is 0. The number of nitro benzene ring substituents is 1. The third-order valence-corrected chi connectivity index (χ3v) is 5.83. The van der Waals surface area contributed by atoms with E-state index in [2.05, 4.69) is 5.32 Å². The molecule has 160 valence electrons. The Labute approximate surface area is 179 Å². The Balaban J connectivity index is 1.49. The first-order valence-corrected chi connectivity index (χ1v) is 10.2. The number of carbonyl (C=O) groups is 2. The Bertz CT molecular complexity index is 1020. The maximum absolute atomic E-state index is 12.8. The molecule has 4 rings (SSSR count). The Morgan fingerprint density at radius 2 is 1.71 bits per heavy atom. The molecule has 1 N–H and O–H groups in total. The van der Waals surface area contributed by atoms with Gasteiger partial charge in [0.15, 0.2) is 0 Å². The van der Waals surface area contributed by atoms with Crippen molar-refractivity contribution >= 4 is 28.9 Å². The maximum atomic E-state index is 12.8. The second-order valence-electron chi connectivity index (χ2n) is 7.65. The smallest absolute Gasteiger partial charge is 0.294 e. The van der Waals surface area contributed by atoms with Gasteiger partial charge in [-0.15, -0.1) is 0 Å². The number of nitrogens with zero attached hydrogens (tertiary/aromatic N) is 2. The summed E-state index contributed by atoms with van der Waals surface area (Å²) in [5.41, 5.74) is 1.50. The molecule has 2 aromatic carbocycles. The zero-order valence-corrected chi connectivity index (χ0v) is 17.1. The van der Waals surface area contributed by atoms with Gasteiger partial charge < -0.3 is 10.1 Å². The van der Waals surface area contributed by atoms with Crippen LogP contribution in [0.5, 0.6) is 5.75 Å². The van der Waals surface area contributed by atoms with Crippen LogP contribution in [0.1, 0.15) is 18.4 Å². The lowest BCUT2D eigenvalue weighted by Crippen LogP contribution is -2.30. The quantitative estimate of drug-likeness (QED) is 0.316. The zero-order chi connectivity index (χ0) is 22.0. The van der Waals surface area contributed by atoms with Crippen LogP contribution in [0.2, 0.25) is 0 Å². The fraction of sp³-hybridized carbons (Fsp3) is 0.304. The summed E-state index contributed by atoms with van der Waals surface area (Å²) < 4.78 is 5.14. The van der Waals surface area contributed by atoms with Crippen LogP contribution >= 0.6 is 0 Å². The molecule has 1 aliphatic carbocycles. The second-order valence-corrected chi connectivity index (χ2v) is 7.65. The number of nitrogens with one attached hydrogen (secondary N) is 1. The molecule has 1 aliphatic heterocycles. The number of hydrogen-bond donors (Lipinski definition) is 1. The first kappa shape index (κ1) is 20.6. The van der Waals surface area contributed by atoms with Crippen molar-refractivity contribution in [3.05, 3.63) is 70.3 Å². The van der Waals surface area contributed by atoms with Crippen LogP contribution in [0, 0.1) is 22.0 Å². The van der Waals surface area contributed by atoms with Gasteiger partial charge in [-0.05, 0) is 49.1 Å². The molecule has 0 spiro atoms. The van der Waals surface area contributed by atoms with Gasteiger partial charge in [-0.3, -0.25) is 19.7 Å². The van der Waals surface area contributed by atoms with Crippen molar-refractivity contribution in [2.45, 2.75) is 19.3 Å². The van der Waals surface area contributed by atoms with Gasteiger partial charge in [-0.1, -0.05) is 24.3 Å². The molecule has 0 radical (unpaired) electrons. The first-order chi connectivity index (χ1) is 15.0. The van der Waals surface area contributed by atoms with Crippen LogP contribution in [0.4, 0.5) is 17.1 Å². The number of benzene rings is 2. The minimum atomic E-state index is -0.501. The summed E-state index contributed by atoms with van der Waals surface area (Å²) in [7, 11) is 1.60. The van der Waals surface area contributed by atoms with E-state index in [1.54, 1.807) is 19.2 Å². The van der Waals surface area contributed by atoms with Gasteiger partial charge in [0.25, 0.3) is 5.69 Å². The molecular weight excluding hydrogens is 398 g/mol. The van der Waals surface area contributed by atoms with Crippen LogP contribution in [0.25, 0.3) is 0 Å². The number of rotatable bonds is 7. The van der Waals surface area contributed by atoms with Crippen LogP contribution in [-0.2, 0) is 16.0 Å². The van der Waals surface area contributed by atoms with Gasteiger partial charge in [0, 0.05) is 12.6 Å². The largest absolute Gasteiger partial charge is 0.497 e. The Morgan fingerprint density at radius 3 is 2.29 bits per heavy atom. The van der Waals surface area contributed by atoms with Crippen molar-refractivity contribution < 1.29 is 19.2 Å². The van der Waals surface area contributed by atoms with Crippen LogP contribution in [-0.4, -0.2) is 30.4 Å². The Morgan fingerprint density at radius 1 is 1.06 bits per heavy atom. The molecule has 1 heterocycles. The highest BCUT2D eigenvalue weighted by Gasteiger charge is 2.48. The molecule has 2 atom stereocenters. The average molecular weight is 421 g/mol. The molecule has 0 aromatic heterocycles. The van der Waals surface area contributed by atoms with E-state index in [1.807, 2.05) is 36.4 Å². The minimum Gasteiger partial charge on any atom is -0.497 e. The van der Waals surface area contributed by atoms with Crippen LogP contribution in [0.3, 0.4) is 0 Å². The van der Waals surface area contributed by atoms with Crippen LogP contribution in [0.15, 0.2) is 54.6 Å². The molecule has 2 amide bonds. The molecule has 1 fully saturated rings. The number of imide groups is 1. The van der Waals surface area contributed by atoms with Crippen molar-refractivity contribution in [1.29, 1.82) is 0 Å². The highest BCUT2D eigenvalue weighted by atomic mass is 16.6. The predicted molar refractivity (Wildman–Crippen MR) is 116 cm³/mol. The predicted octanol–water partition coefficient (Wildman–Crippen LogP) is 3.71. The van der Waals surface area contributed by atoms with Gasteiger partial charge >= 0.3 is 0 Å². The molecule has 8 nitrogen and oxygen atoms in total. The highest BCUT2D eigenvalue weighted by molar-refractivity contribution is 6.22. The monoisotopic (exact) mass is 421 g/mol. The SMILES string of the molecule is COc1ccc(CCNc2ccc(N3C(=O)[C@H]4CC=CC[C@@H]4C3=O)cc2[N+](=O)[O-])cc1. The molecule has 0 unspecified atom stereocenters. The first-order valence-electron chi connectivity index (χ1n) is 10.2. The zero-order valence-electron chi connectivity index (χ0n) is 17.1. The highest BCUT2D eigenvalue weighted by Crippen LogP contribution is 2.39. The minimum absolute atomic E-state index is 0.166. The lowest BCUT2D eigenvalue weighted by molar-refractivity contribution is -0.383. The van der Waals surface area contributed by atoms with E-state index in [4.69, 9.17) is 4.74 Å². The number of fused-ring (bicyclic) bond motifs is 1. The fourth-order valence-electron chi connectivity index (χ4n) is 4.15. The normalized spacial score (nSPS) is 20.0. The summed E-state index contributed by atoms with van der Waals surface area (Å²) in [6.45, 7) is 0.490. The van der Waals surface area contributed by atoms with E-state index < -0.39 is 4.92 Å². The number of ether oxygens (including phenoxy) is 1. The topological polar surface area (TPSA) is 102 Å². The lowest BCUT2D eigenvalue weighted by atomic mass is 9.85. The molecule has 1 saturated heterocycles. The van der Waals surface area contributed by atoms with Crippen molar-refractivity contribution in [2.24, 2.45) is 11.8 Å². The number of hydrogen-bond acceptors (Lipinski definition) is 6. The maximum Gasteiger partial charge on any atom is 0.294 e. The summed E-state index contributed by atoms with van der Waals surface area (Å²) in [5, 5.41) is 14.8. The summed E-state index contributed by atoms with van der Waals surface area (Å²) in [5.74, 6) is -0.551. The molecule has 2 aromatic rings. The molecular formula is C23H23N3O5. The number of allylic oxidation sites excluding steroid dienone is 2. The van der Waals surface area contributed by atoms with E-state index in [9.17, 15) is 19.7 Å².